The van der Waals surface area contributed by atoms with Crippen molar-refractivity contribution >= 4 is 22.4 Å². The first-order valence-electron chi connectivity index (χ1n) is 6.53. The van der Waals surface area contributed by atoms with E-state index in [0.29, 0.717) is 34.6 Å². The molecule has 1 aromatic heterocycles. The molecule has 1 aliphatic heterocycles. The number of rotatable bonds is 3. The molecule has 3 N–H and O–H groups in total. The molecule has 6 nitrogen and oxygen atoms in total. The van der Waals surface area contributed by atoms with Gasteiger partial charge < -0.3 is 20.5 Å². The van der Waals surface area contributed by atoms with E-state index in [4.69, 9.17) is 15.2 Å². The number of nitrogen functional groups attached to an aromatic ring is 1. The quantitative estimate of drug-likeness (QED) is 0.899. The predicted octanol–water partition coefficient (Wildman–Crippen LogP) is 1.60. The number of carbonyl (C=O) groups excluding carboxylic acids is 1. The molecule has 0 bridgehead atoms. The third-order valence-electron chi connectivity index (χ3n) is 3.08. The first kappa shape index (κ1) is 13.7. The van der Waals surface area contributed by atoms with Gasteiger partial charge in [-0.05, 0) is 19.1 Å². The molecule has 2 aromatic rings. The van der Waals surface area contributed by atoms with E-state index in [9.17, 15) is 4.79 Å². The van der Waals surface area contributed by atoms with Gasteiger partial charge in [0, 0.05) is 0 Å². The Balaban J connectivity index is 1.59. The van der Waals surface area contributed by atoms with Gasteiger partial charge in [-0.3, -0.25) is 4.79 Å². The number of thiazole rings is 1. The van der Waals surface area contributed by atoms with Crippen molar-refractivity contribution in [2.75, 3.05) is 18.9 Å². The maximum absolute atomic E-state index is 12.1. The highest BCUT2D eigenvalue weighted by atomic mass is 32.1. The summed E-state index contributed by atoms with van der Waals surface area (Å²) < 4.78 is 11.4. The summed E-state index contributed by atoms with van der Waals surface area (Å²) in [7, 11) is 0. The molecule has 21 heavy (non-hydrogen) atoms. The summed E-state index contributed by atoms with van der Waals surface area (Å²) in [5.41, 5.74) is 6.23. The maximum Gasteiger partial charge on any atom is 0.263 e. The van der Waals surface area contributed by atoms with Crippen molar-refractivity contribution < 1.29 is 14.3 Å². The molecule has 1 amide bonds. The molecule has 110 valence electrons. The minimum absolute atomic E-state index is 0.191. The summed E-state index contributed by atoms with van der Waals surface area (Å²) in [5.74, 6) is 1.23. The Kier molecular flexibility index (Phi) is 3.66. The van der Waals surface area contributed by atoms with Gasteiger partial charge in [-0.15, -0.1) is 0 Å². The molecule has 1 unspecified atom stereocenters. The van der Waals surface area contributed by atoms with Gasteiger partial charge in [-0.1, -0.05) is 23.5 Å². The van der Waals surface area contributed by atoms with Crippen molar-refractivity contribution in [1.29, 1.82) is 0 Å². The minimum atomic E-state index is -0.213. The fraction of sp³-hybridized carbons (Fsp3) is 0.286. The molecule has 0 radical (unpaired) electrons. The Bertz CT molecular complexity index is 671. The van der Waals surface area contributed by atoms with Crippen LogP contribution in [0.25, 0.3) is 0 Å². The zero-order valence-corrected chi connectivity index (χ0v) is 12.3. The van der Waals surface area contributed by atoms with Gasteiger partial charge in [0.25, 0.3) is 5.91 Å². The number of amides is 1. The van der Waals surface area contributed by atoms with Crippen molar-refractivity contribution in [3.8, 4) is 11.5 Å². The van der Waals surface area contributed by atoms with Crippen LogP contribution in [-0.2, 0) is 0 Å². The van der Waals surface area contributed by atoms with Crippen LogP contribution in [0.5, 0.6) is 11.5 Å². The smallest absolute Gasteiger partial charge is 0.263 e. The lowest BCUT2D eigenvalue weighted by Crippen LogP contribution is -2.40. The Morgan fingerprint density at radius 2 is 2.24 bits per heavy atom. The number of hydrogen-bond acceptors (Lipinski definition) is 6. The maximum atomic E-state index is 12.1. The number of nitrogens with two attached hydrogens (primary N) is 1. The first-order valence-corrected chi connectivity index (χ1v) is 7.34. The number of carbonyl (C=O) groups is 1. The van der Waals surface area contributed by atoms with Crippen molar-refractivity contribution in [3.05, 3.63) is 34.8 Å². The van der Waals surface area contributed by atoms with Gasteiger partial charge in [0.2, 0.25) is 0 Å². The molecular weight excluding hydrogens is 290 g/mol. The summed E-state index contributed by atoms with van der Waals surface area (Å²) in [6, 6.07) is 7.47. The van der Waals surface area contributed by atoms with E-state index >= 15 is 0 Å². The molecule has 0 fully saturated rings. The lowest BCUT2D eigenvalue weighted by molar-refractivity contribution is 0.0791. The second-order valence-electron chi connectivity index (χ2n) is 4.67. The topological polar surface area (TPSA) is 86.5 Å². The summed E-state index contributed by atoms with van der Waals surface area (Å²) in [6.07, 6.45) is -0.213. The summed E-state index contributed by atoms with van der Waals surface area (Å²) in [4.78, 5) is 16.6. The van der Waals surface area contributed by atoms with E-state index < -0.39 is 0 Å². The van der Waals surface area contributed by atoms with Crippen molar-refractivity contribution in [3.63, 3.8) is 0 Å². The Morgan fingerprint density at radius 3 is 2.95 bits per heavy atom. The number of ether oxygens (including phenoxy) is 2. The highest BCUT2D eigenvalue weighted by Gasteiger charge is 2.22. The lowest BCUT2D eigenvalue weighted by Gasteiger charge is -2.26. The fourth-order valence-electron chi connectivity index (χ4n) is 2.08. The number of benzene rings is 1. The van der Waals surface area contributed by atoms with Crippen LogP contribution in [0.15, 0.2) is 24.3 Å². The monoisotopic (exact) mass is 305 g/mol. The number of nitrogens with one attached hydrogen (secondary N) is 1. The van der Waals surface area contributed by atoms with E-state index in [1.54, 1.807) is 6.92 Å². The van der Waals surface area contributed by atoms with E-state index in [0.717, 1.165) is 5.75 Å². The molecule has 3 rings (SSSR count). The van der Waals surface area contributed by atoms with E-state index in [1.807, 2.05) is 24.3 Å². The van der Waals surface area contributed by atoms with Crippen LogP contribution in [0.3, 0.4) is 0 Å². The number of para-hydroxylation sites is 2. The molecule has 1 aromatic carbocycles. The molecule has 0 spiro atoms. The van der Waals surface area contributed by atoms with Crippen molar-refractivity contribution in [2.24, 2.45) is 0 Å². The summed E-state index contributed by atoms with van der Waals surface area (Å²) in [5, 5.41) is 3.22. The summed E-state index contributed by atoms with van der Waals surface area (Å²) >= 11 is 1.18. The van der Waals surface area contributed by atoms with Gasteiger partial charge in [-0.25, -0.2) is 4.98 Å². The molecule has 2 heterocycles. The van der Waals surface area contributed by atoms with E-state index in [1.165, 1.54) is 11.3 Å². The molecule has 0 saturated heterocycles. The third kappa shape index (κ3) is 2.92. The normalized spacial score (nSPS) is 16.5. The SMILES string of the molecule is Cc1nc(N)sc1C(=O)NCC1COc2ccccc2O1. The number of aromatic nitrogens is 1. The zero-order valence-electron chi connectivity index (χ0n) is 11.5. The lowest BCUT2D eigenvalue weighted by atomic mass is 10.2. The molecule has 1 atom stereocenters. The van der Waals surface area contributed by atoms with Crippen molar-refractivity contribution in [2.45, 2.75) is 13.0 Å². The fourth-order valence-corrected chi connectivity index (χ4v) is 2.83. The number of hydrogen-bond donors (Lipinski definition) is 2. The standard InChI is InChI=1S/C14H15N3O3S/c1-8-12(21-14(15)17-8)13(18)16-6-9-7-19-10-4-2-3-5-11(10)20-9/h2-5,9H,6-7H2,1H3,(H2,15,17)(H,16,18). The minimum Gasteiger partial charge on any atom is -0.486 e. The van der Waals surface area contributed by atoms with Gasteiger partial charge in [0.05, 0.1) is 12.2 Å². The second-order valence-corrected chi connectivity index (χ2v) is 5.70. The third-order valence-corrected chi connectivity index (χ3v) is 4.06. The Morgan fingerprint density at radius 1 is 1.48 bits per heavy atom. The van der Waals surface area contributed by atoms with Crippen LogP contribution in [0.4, 0.5) is 5.13 Å². The van der Waals surface area contributed by atoms with Crippen LogP contribution in [-0.4, -0.2) is 30.1 Å². The average molecular weight is 305 g/mol. The largest absolute Gasteiger partial charge is 0.486 e. The molecule has 0 saturated carbocycles. The van der Waals surface area contributed by atoms with Crippen LogP contribution < -0.4 is 20.5 Å². The Labute approximate surface area is 125 Å². The highest BCUT2D eigenvalue weighted by Crippen LogP contribution is 2.30. The molecular formula is C14H15N3O3S. The first-order chi connectivity index (χ1) is 10.1. The Hall–Kier alpha value is -2.28. The summed E-state index contributed by atoms with van der Waals surface area (Å²) in [6.45, 7) is 2.53. The van der Waals surface area contributed by atoms with E-state index in [2.05, 4.69) is 10.3 Å². The van der Waals surface area contributed by atoms with Crippen molar-refractivity contribution in [1.82, 2.24) is 10.3 Å². The molecule has 0 aliphatic carbocycles. The number of aryl methyl sites for hydroxylation is 1. The van der Waals surface area contributed by atoms with Crippen LogP contribution in [0, 0.1) is 6.92 Å². The zero-order chi connectivity index (χ0) is 14.8. The number of fused-ring (bicyclic) bond motifs is 1. The van der Waals surface area contributed by atoms with Crippen LogP contribution in [0.1, 0.15) is 15.4 Å². The molecule has 7 heteroatoms. The number of nitrogens with zero attached hydrogens (tertiary/aromatic N) is 1. The van der Waals surface area contributed by atoms with Crippen LogP contribution in [0.2, 0.25) is 0 Å². The number of anilines is 1. The average Bonchev–Trinajstić information content (AvgIpc) is 2.83. The van der Waals surface area contributed by atoms with E-state index in [-0.39, 0.29) is 12.0 Å². The predicted molar refractivity (Wildman–Crippen MR) is 79.9 cm³/mol. The van der Waals surface area contributed by atoms with Crippen LogP contribution >= 0.6 is 11.3 Å². The molecule has 1 aliphatic rings. The highest BCUT2D eigenvalue weighted by molar-refractivity contribution is 7.17. The second kappa shape index (κ2) is 5.61. The van der Waals surface area contributed by atoms with Gasteiger partial charge >= 0.3 is 0 Å². The van der Waals surface area contributed by atoms with Gasteiger partial charge in [-0.2, -0.15) is 0 Å². The van der Waals surface area contributed by atoms with Gasteiger partial charge in [0.1, 0.15) is 17.6 Å². The van der Waals surface area contributed by atoms with Gasteiger partial charge in [0.15, 0.2) is 16.6 Å².